The Balaban J connectivity index is 2.57. The maximum Gasteiger partial charge on any atom is 0.188 e. The van der Waals surface area contributed by atoms with Gasteiger partial charge in [0.1, 0.15) is 0 Å². The van der Waals surface area contributed by atoms with Gasteiger partial charge < -0.3 is 11.1 Å². The third-order valence-electron chi connectivity index (χ3n) is 1.68. The summed E-state index contributed by atoms with van der Waals surface area (Å²) in [5, 5.41) is 2.95. The van der Waals surface area contributed by atoms with Crippen molar-refractivity contribution in [2.24, 2.45) is 10.7 Å². The molecule has 0 bridgehead atoms. The number of nitrogens with zero attached hydrogens (tertiary/aromatic N) is 1. The Labute approximate surface area is 92.5 Å². The van der Waals surface area contributed by atoms with E-state index in [1.165, 1.54) is 0 Å². The fourth-order valence-electron chi connectivity index (χ4n) is 1.05. The first kappa shape index (κ1) is 11.0. The van der Waals surface area contributed by atoms with Gasteiger partial charge in [0.15, 0.2) is 5.96 Å². The van der Waals surface area contributed by atoms with Crippen molar-refractivity contribution in [2.45, 2.75) is 13.5 Å². The number of halogens is 1. The standard InChI is InChI=1S/C10H14BrN3/c1-2-13-10(12)14-7-8-4-3-5-9(11)6-8/h3-6H,2,7H2,1H3,(H3,12,13,14). The van der Waals surface area contributed by atoms with Crippen molar-refractivity contribution in [1.82, 2.24) is 5.32 Å². The zero-order valence-corrected chi connectivity index (χ0v) is 9.71. The molecule has 0 radical (unpaired) electrons. The minimum atomic E-state index is 0.493. The maximum atomic E-state index is 5.60. The second-order valence-corrected chi connectivity index (χ2v) is 3.78. The average molecular weight is 256 g/mol. The van der Waals surface area contributed by atoms with Crippen molar-refractivity contribution in [1.29, 1.82) is 0 Å². The Morgan fingerprint density at radius 3 is 3.00 bits per heavy atom. The van der Waals surface area contributed by atoms with Crippen molar-refractivity contribution in [3.05, 3.63) is 34.3 Å². The fraction of sp³-hybridized carbons (Fsp3) is 0.300. The van der Waals surface area contributed by atoms with Crippen LogP contribution in [-0.4, -0.2) is 12.5 Å². The predicted octanol–water partition coefficient (Wildman–Crippen LogP) is 1.87. The third-order valence-corrected chi connectivity index (χ3v) is 2.17. The molecule has 0 fully saturated rings. The number of benzene rings is 1. The van der Waals surface area contributed by atoms with E-state index in [-0.39, 0.29) is 0 Å². The van der Waals surface area contributed by atoms with Gasteiger partial charge in [-0.15, -0.1) is 0 Å². The molecule has 0 saturated heterocycles. The Bertz CT molecular complexity index is 323. The van der Waals surface area contributed by atoms with Crippen LogP contribution in [0.5, 0.6) is 0 Å². The number of hydrogen-bond donors (Lipinski definition) is 2. The molecule has 4 heteroatoms. The number of nitrogens with one attached hydrogen (secondary N) is 1. The second kappa shape index (κ2) is 5.65. The van der Waals surface area contributed by atoms with Crippen LogP contribution in [0, 0.1) is 0 Å². The number of guanidine groups is 1. The fourth-order valence-corrected chi connectivity index (χ4v) is 1.50. The number of rotatable bonds is 3. The number of aliphatic imine (C=N–C) groups is 1. The molecule has 0 atom stereocenters. The van der Waals surface area contributed by atoms with E-state index < -0.39 is 0 Å². The summed E-state index contributed by atoms with van der Waals surface area (Å²) in [7, 11) is 0. The molecule has 0 aliphatic heterocycles. The summed E-state index contributed by atoms with van der Waals surface area (Å²) in [6.45, 7) is 3.40. The minimum Gasteiger partial charge on any atom is -0.370 e. The van der Waals surface area contributed by atoms with Gasteiger partial charge in [-0.05, 0) is 24.6 Å². The van der Waals surface area contributed by atoms with E-state index in [4.69, 9.17) is 5.73 Å². The summed E-state index contributed by atoms with van der Waals surface area (Å²) in [5.74, 6) is 0.493. The van der Waals surface area contributed by atoms with Crippen molar-refractivity contribution < 1.29 is 0 Å². The predicted molar refractivity (Wildman–Crippen MR) is 63.1 cm³/mol. The minimum absolute atomic E-state index is 0.493. The quantitative estimate of drug-likeness (QED) is 0.640. The van der Waals surface area contributed by atoms with Gasteiger partial charge in [0, 0.05) is 11.0 Å². The largest absolute Gasteiger partial charge is 0.370 e. The van der Waals surface area contributed by atoms with Gasteiger partial charge in [-0.2, -0.15) is 0 Å². The van der Waals surface area contributed by atoms with Gasteiger partial charge in [-0.1, -0.05) is 28.1 Å². The van der Waals surface area contributed by atoms with Crippen molar-refractivity contribution in [3.8, 4) is 0 Å². The molecule has 3 N–H and O–H groups in total. The lowest BCUT2D eigenvalue weighted by Crippen LogP contribution is -2.31. The molecule has 0 saturated carbocycles. The lowest BCUT2D eigenvalue weighted by atomic mass is 10.2. The molecular formula is C10H14BrN3. The van der Waals surface area contributed by atoms with Crippen LogP contribution in [0.4, 0.5) is 0 Å². The highest BCUT2D eigenvalue weighted by atomic mass is 79.9. The summed E-state index contributed by atoms with van der Waals surface area (Å²) in [6.07, 6.45) is 0. The van der Waals surface area contributed by atoms with E-state index in [1.807, 2.05) is 31.2 Å². The van der Waals surface area contributed by atoms with Crippen LogP contribution in [0.2, 0.25) is 0 Å². The van der Waals surface area contributed by atoms with Crippen LogP contribution in [-0.2, 0) is 6.54 Å². The number of hydrogen-bond acceptors (Lipinski definition) is 1. The van der Waals surface area contributed by atoms with E-state index in [1.54, 1.807) is 0 Å². The van der Waals surface area contributed by atoms with E-state index >= 15 is 0 Å². The summed E-state index contributed by atoms with van der Waals surface area (Å²) in [4.78, 5) is 4.19. The SMILES string of the molecule is CCNC(N)=NCc1cccc(Br)c1. The van der Waals surface area contributed by atoms with Crippen LogP contribution in [0.15, 0.2) is 33.7 Å². The first-order chi connectivity index (χ1) is 6.72. The topological polar surface area (TPSA) is 50.4 Å². The van der Waals surface area contributed by atoms with Gasteiger partial charge in [-0.3, -0.25) is 0 Å². The van der Waals surface area contributed by atoms with Crippen LogP contribution in [0.25, 0.3) is 0 Å². The molecule has 1 rings (SSSR count). The highest BCUT2D eigenvalue weighted by molar-refractivity contribution is 9.10. The van der Waals surface area contributed by atoms with Gasteiger partial charge in [0.05, 0.1) is 6.54 Å². The lowest BCUT2D eigenvalue weighted by Gasteiger charge is -2.02. The molecule has 3 nitrogen and oxygen atoms in total. The van der Waals surface area contributed by atoms with Crippen molar-refractivity contribution in [3.63, 3.8) is 0 Å². The average Bonchev–Trinajstić information content (AvgIpc) is 2.15. The van der Waals surface area contributed by atoms with Crippen LogP contribution < -0.4 is 11.1 Å². The van der Waals surface area contributed by atoms with Crippen LogP contribution in [0.1, 0.15) is 12.5 Å². The van der Waals surface area contributed by atoms with E-state index in [0.29, 0.717) is 12.5 Å². The molecule has 0 amide bonds. The molecule has 0 heterocycles. The molecule has 1 aromatic rings. The van der Waals surface area contributed by atoms with Gasteiger partial charge in [-0.25, -0.2) is 4.99 Å². The Kier molecular flexibility index (Phi) is 4.46. The second-order valence-electron chi connectivity index (χ2n) is 2.86. The summed E-state index contributed by atoms with van der Waals surface area (Å²) in [5.41, 5.74) is 6.74. The van der Waals surface area contributed by atoms with Crippen LogP contribution in [0.3, 0.4) is 0 Å². The Hall–Kier alpha value is -1.03. The molecule has 14 heavy (non-hydrogen) atoms. The molecule has 0 aliphatic carbocycles. The van der Waals surface area contributed by atoms with E-state index in [9.17, 15) is 0 Å². The first-order valence-electron chi connectivity index (χ1n) is 4.50. The van der Waals surface area contributed by atoms with E-state index in [2.05, 4.69) is 26.2 Å². The zero-order chi connectivity index (χ0) is 10.4. The Morgan fingerprint density at radius 1 is 1.57 bits per heavy atom. The van der Waals surface area contributed by atoms with Crippen LogP contribution >= 0.6 is 15.9 Å². The number of nitrogens with two attached hydrogens (primary N) is 1. The third kappa shape index (κ3) is 3.79. The zero-order valence-electron chi connectivity index (χ0n) is 8.13. The smallest absolute Gasteiger partial charge is 0.188 e. The molecule has 0 aliphatic rings. The highest BCUT2D eigenvalue weighted by Crippen LogP contribution is 2.11. The van der Waals surface area contributed by atoms with Gasteiger partial charge >= 0.3 is 0 Å². The summed E-state index contributed by atoms with van der Waals surface area (Å²) in [6, 6.07) is 8.02. The van der Waals surface area contributed by atoms with Crippen molar-refractivity contribution in [2.75, 3.05) is 6.54 Å². The molecule has 76 valence electrons. The molecule has 0 spiro atoms. The Morgan fingerprint density at radius 2 is 2.36 bits per heavy atom. The van der Waals surface area contributed by atoms with Gasteiger partial charge in [0.2, 0.25) is 0 Å². The molecule has 0 aromatic heterocycles. The summed E-state index contributed by atoms with van der Waals surface area (Å²) >= 11 is 3.40. The molecular weight excluding hydrogens is 242 g/mol. The van der Waals surface area contributed by atoms with Gasteiger partial charge in [0.25, 0.3) is 0 Å². The first-order valence-corrected chi connectivity index (χ1v) is 5.30. The highest BCUT2D eigenvalue weighted by Gasteiger charge is 1.93. The monoisotopic (exact) mass is 255 g/mol. The molecule has 1 aromatic carbocycles. The van der Waals surface area contributed by atoms with E-state index in [0.717, 1.165) is 16.6 Å². The summed E-state index contributed by atoms with van der Waals surface area (Å²) < 4.78 is 1.06. The normalized spacial score (nSPS) is 11.4. The molecule has 0 unspecified atom stereocenters. The lowest BCUT2D eigenvalue weighted by molar-refractivity contribution is 0.925. The van der Waals surface area contributed by atoms with Crippen molar-refractivity contribution >= 4 is 21.9 Å². The maximum absolute atomic E-state index is 5.60.